The lowest BCUT2D eigenvalue weighted by Gasteiger charge is -2.28. The van der Waals surface area contributed by atoms with Crippen LogP contribution >= 0.6 is 0 Å². The van der Waals surface area contributed by atoms with Crippen LogP contribution in [0.5, 0.6) is 11.5 Å². The minimum absolute atomic E-state index is 0.0875. The molecule has 0 saturated heterocycles. The summed E-state index contributed by atoms with van der Waals surface area (Å²) in [6, 6.07) is 8.26. The average Bonchev–Trinajstić information content (AvgIpc) is 2.35. The van der Waals surface area contributed by atoms with Crippen LogP contribution in [0.25, 0.3) is 0 Å². The number of hydrogen-bond acceptors (Lipinski definition) is 4. The minimum atomic E-state index is 0.0875. The minimum Gasteiger partial charge on any atom is -0.486 e. The van der Waals surface area contributed by atoms with E-state index in [-0.39, 0.29) is 6.10 Å². The van der Waals surface area contributed by atoms with Gasteiger partial charge in [0.1, 0.15) is 12.7 Å². The molecule has 18 heavy (non-hydrogen) atoms. The summed E-state index contributed by atoms with van der Waals surface area (Å²) in [5.41, 5.74) is 0. The summed E-state index contributed by atoms with van der Waals surface area (Å²) in [6.07, 6.45) is 0.0875. The maximum atomic E-state index is 5.89. The van der Waals surface area contributed by atoms with Crippen LogP contribution in [0, 0.1) is 0 Å². The first-order chi connectivity index (χ1) is 8.65. The van der Waals surface area contributed by atoms with E-state index in [1.165, 1.54) is 0 Å². The second-order valence-corrected chi connectivity index (χ2v) is 5.07. The van der Waals surface area contributed by atoms with E-state index in [1.54, 1.807) is 0 Å². The van der Waals surface area contributed by atoms with Gasteiger partial charge in [0.15, 0.2) is 11.5 Å². The van der Waals surface area contributed by atoms with Crippen LogP contribution in [-0.4, -0.2) is 50.8 Å². The third-order valence-corrected chi connectivity index (χ3v) is 2.90. The molecule has 4 heteroatoms. The maximum Gasteiger partial charge on any atom is 0.161 e. The molecule has 2 rings (SSSR count). The van der Waals surface area contributed by atoms with Gasteiger partial charge in [-0.15, -0.1) is 0 Å². The fourth-order valence-electron chi connectivity index (χ4n) is 2.11. The first kappa shape index (κ1) is 13.2. The lowest BCUT2D eigenvalue weighted by atomic mass is 10.2. The summed E-state index contributed by atoms with van der Waals surface area (Å²) in [5.74, 6) is 1.69. The van der Waals surface area contributed by atoms with Gasteiger partial charge in [-0.2, -0.15) is 0 Å². The highest BCUT2D eigenvalue weighted by atomic mass is 16.6. The van der Waals surface area contributed by atoms with Gasteiger partial charge in [-0.25, -0.2) is 0 Å². The lowest BCUT2D eigenvalue weighted by Crippen LogP contribution is -2.44. The van der Waals surface area contributed by atoms with E-state index in [0.717, 1.165) is 24.6 Å². The number of likely N-dealkylation sites (N-methyl/N-ethyl adjacent to an activating group) is 1. The average molecular weight is 250 g/mol. The molecule has 1 N–H and O–H groups in total. The smallest absolute Gasteiger partial charge is 0.161 e. The van der Waals surface area contributed by atoms with Gasteiger partial charge in [-0.1, -0.05) is 12.1 Å². The molecule has 2 unspecified atom stereocenters. The second-order valence-electron chi connectivity index (χ2n) is 5.07. The van der Waals surface area contributed by atoms with E-state index in [0.29, 0.717) is 12.6 Å². The standard InChI is InChI=1S/C14H22N2O2/c1-11(9-16(2)3)15-8-12-10-17-13-6-4-5-7-14(13)18-12/h4-7,11-12,15H,8-10H2,1-3H3. The van der Waals surface area contributed by atoms with Crippen molar-refractivity contribution < 1.29 is 9.47 Å². The van der Waals surface area contributed by atoms with E-state index in [4.69, 9.17) is 9.47 Å². The monoisotopic (exact) mass is 250 g/mol. The zero-order valence-electron chi connectivity index (χ0n) is 11.3. The van der Waals surface area contributed by atoms with Crippen LogP contribution in [0.2, 0.25) is 0 Å². The Labute approximate surface area is 109 Å². The summed E-state index contributed by atoms with van der Waals surface area (Å²) in [4.78, 5) is 2.17. The summed E-state index contributed by atoms with van der Waals surface area (Å²) < 4.78 is 11.6. The number of benzene rings is 1. The second kappa shape index (κ2) is 6.07. The largest absolute Gasteiger partial charge is 0.486 e. The van der Waals surface area contributed by atoms with Crippen molar-refractivity contribution in [3.05, 3.63) is 24.3 Å². The lowest BCUT2D eigenvalue weighted by molar-refractivity contribution is 0.0878. The molecule has 0 saturated carbocycles. The van der Waals surface area contributed by atoms with Crippen LogP contribution in [0.1, 0.15) is 6.92 Å². The molecule has 0 radical (unpaired) electrons. The molecular formula is C14H22N2O2. The van der Waals surface area contributed by atoms with Crippen LogP contribution in [0.4, 0.5) is 0 Å². The Hall–Kier alpha value is -1.26. The predicted octanol–water partition coefficient (Wildman–Crippen LogP) is 1.37. The van der Waals surface area contributed by atoms with Crippen LogP contribution in [0.3, 0.4) is 0 Å². The molecule has 100 valence electrons. The maximum absolute atomic E-state index is 5.89. The third-order valence-electron chi connectivity index (χ3n) is 2.90. The molecule has 2 atom stereocenters. The molecule has 4 nitrogen and oxygen atoms in total. The molecule has 1 heterocycles. The first-order valence-electron chi connectivity index (χ1n) is 6.41. The van der Waals surface area contributed by atoms with Crippen molar-refractivity contribution in [1.29, 1.82) is 0 Å². The molecule has 0 aliphatic carbocycles. The van der Waals surface area contributed by atoms with Crippen molar-refractivity contribution in [2.24, 2.45) is 0 Å². The van der Waals surface area contributed by atoms with Gasteiger partial charge < -0.3 is 19.7 Å². The summed E-state index contributed by atoms with van der Waals surface area (Å²) in [7, 11) is 4.16. The molecule has 1 aliphatic heterocycles. The number of ether oxygens (including phenoxy) is 2. The molecule has 1 aromatic carbocycles. The Balaban J connectivity index is 1.79. The molecule has 0 aromatic heterocycles. The Morgan fingerprint density at radius 1 is 1.33 bits per heavy atom. The molecule has 1 aromatic rings. The molecular weight excluding hydrogens is 228 g/mol. The van der Waals surface area contributed by atoms with Crippen LogP contribution < -0.4 is 14.8 Å². The van der Waals surface area contributed by atoms with Gasteiger partial charge in [0, 0.05) is 19.1 Å². The van der Waals surface area contributed by atoms with E-state index < -0.39 is 0 Å². The van der Waals surface area contributed by atoms with Crippen molar-refractivity contribution in [3.63, 3.8) is 0 Å². The van der Waals surface area contributed by atoms with E-state index >= 15 is 0 Å². The number of nitrogens with zero attached hydrogens (tertiary/aromatic N) is 1. The molecule has 0 amide bonds. The van der Waals surface area contributed by atoms with Gasteiger partial charge >= 0.3 is 0 Å². The Morgan fingerprint density at radius 3 is 2.78 bits per heavy atom. The first-order valence-corrected chi connectivity index (χ1v) is 6.41. The Morgan fingerprint density at radius 2 is 2.06 bits per heavy atom. The number of rotatable bonds is 5. The zero-order valence-corrected chi connectivity index (χ0v) is 11.3. The molecule has 0 bridgehead atoms. The summed E-state index contributed by atoms with van der Waals surface area (Å²) >= 11 is 0. The van der Waals surface area contributed by atoms with Gasteiger partial charge in [0.25, 0.3) is 0 Å². The normalized spacial score (nSPS) is 19.9. The summed E-state index contributed by atoms with van der Waals surface area (Å²) in [6.45, 7) is 4.61. The fraction of sp³-hybridized carbons (Fsp3) is 0.571. The number of para-hydroxylation sites is 2. The highest BCUT2D eigenvalue weighted by molar-refractivity contribution is 5.40. The highest BCUT2D eigenvalue weighted by Crippen LogP contribution is 2.30. The Bertz CT molecular complexity index is 382. The van der Waals surface area contributed by atoms with Gasteiger partial charge in [-0.3, -0.25) is 0 Å². The quantitative estimate of drug-likeness (QED) is 0.855. The van der Waals surface area contributed by atoms with Crippen molar-refractivity contribution >= 4 is 0 Å². The number of hydrogen-bond donors (Lipinski definition) is 1. The van der Waals surface area contributed by atoms with Gasteiger partial charge in [0.05, 0.1) is 0 Å². The van der Waals surface area contributed by atoms with Crippen molar-refractivity contribution in [1.82, 2.24) is 10.2 Å². The van der Waals surface area contributed by atoms with Crippen molar-refractivity contribution in [3.8, 4) is 11.5 Å². The third kappa shape index (κ3) is 3.62. The van der Waals surface area contributed by atoms with Crippen molar-refractivity contribution in [2.75, 3.05) is 33.8 Å². The summed E-state index contributed by atoms with van der Waals surface area (Å²) in [5, 5.41) is 3.47. The van der Waals surface area contributed by atoms with Crippen LogP contribution in [0.15, 0.2) is 24.3 Å². The van der Waals surface area contributed by atoms with E-state index in [2.05, 4.69) is 31.2 Å². The van der Waals surface area contributed by atoms with Gasteiger partial charge in [0.2, 0.25) is 0 Å². The Kier molecular flexibility index (Phi) is 4.44. The SMILES string of the molecule is CC(CN(C)C)NCC1COc2ccccc2O1. The predicted molar refractivity (Wildman–Crippen MR) is 72.4 cm³/mol. The molecule has 0 spiro atoms. The number of fused-ring (bicyclic) bond motifs is 1. The van der Waals surface area contributed by atoms with E-state index in [1.807, 2.05) is 24.3 Å². The topological polar surface area (TPSA) is 33.7 Å². The van der Waals surface area contributed by atoms with Gasteiger partial charge in [-0.05, 0) is 33.2 Å². The fourth-order valence-corrected chi connectivity index (χ4v) is 2.11. The number of nitrogens with one attached hydrogen (secondary N) is 1. The van der Waals surface area contributed by atoms with E-state index in [9.17, 15) is 0 Å². The van der Waals surface area contributed by atoms with Crippen molar-refractivity contribution in [2.45, 2.75) is 19.1 Å². The van der Waals surface area contributed by atoms with Crippen LogP contribution in [-0.2, 0) is 0 Å². The zero-order chi connectivity index (χ0) is 13.0. The highest BCUT2D eigenvalue weighted by Gasteiger charge is 2.20. The molecule has 0 fully saturated rings. The molecule has 1 aliphatic rings.